The molecule has 0 amide bonds. The largest absolute Gasteiger partial charge is 0.384 e. The number of nitrogens with zero attached hydrogens (tertiary/aromatic N) is 1. The number of ether oxygens (including phenoxy) is 1. The predicted molar refractivity (Wildman–Crippen MR) is 79.3 cm³/mol. The summed E-state index contributed by atoms with van der Waals surface area (Å²) >= 11 is 0. The molecule has 1 aromatic carbocycles. The van der Waals surface area contributed by atoms with Gasteiger partial charge in [0, 0.05) is 26.2 Å². The van der Waals surface area contributed by atoms with Crippen LogP contribution in [0.25, 0.3) is 0 Å². The van der Waals surface area contributed by atoms with Crippen LogP contribution in [0.4, 0.5) is 0 Å². The van der Waals surface area contributed by atoms with Crippen molar-refractivity contribution in [2.45, 2.75) is 19.4 Å². The Hall–Kier alpha value is -0.900. The molecule has 1 fully saturated rings. The lowest BCUT2D eigenvalue weighted by molar-refractivity contribution is 0.146. The van der Waals surface area contributed by atoms with E-state index in [2.05, 4.69) is 47.5 Å². The number of hydrogen-bond donors (Lipinski definition) is 1. The van der Waals surface area contributed by atoms with E-state index in [9.17, 15) is 0 Å². The van der Waals surface area contributed by atoms with E-state index in [4.69, 9.17) is 4.74 Å². The number of rotatable bonds is 7. The first-order chi connectivity index (χ1) is 9.35. The Morgan fingerprint density at radius 1 is 1.37 bits per heavy atom. The van der Waals surface area contributed by atoms with Crippen LogP contribution in [0.3, 0.4) is 0 Å². The van der Waals surface area contributed by atoms with Crippen LogP contribution in [0, 0.1) is 5.92 Å². The van der Waals surface area contributed by atoms with Gasteiger partial charge in [-0.15, -0.1) is 0 Å². The van der Waals surface area contributed by atoms with Gasteiger partial charge >= 0.3 is 0 Å². The quantitative estimate of drug-likeness (QED) is 0.816. The first-order valence-electron chi connectivity index (χ1n) is 7.33. The molecule has 0 aromatic heterocycles. The van der Waals surface area contributed by atoms with Crippen molar-refractivity contribution in [2.75, 3.05) is 39.9 Å². The van der Waals surface area contributed by atoms with Gasteiger partial charge in [0.2, 0.25) is 0 Å². The first kappa shape index (κ1) is 14.5. The molecule has 1 aliphatic heterocycles. The Bertz CT molecular complexity index is 355. The molecule has 0 spiro atoms. The SMILES string of the molecule is CCNCC(c1ccccc1)N1CCC(COC)C1. The highest BCUT2D eigenvalue weighted by atomic mass is 16.5. The Balaban J connectivity index is 2.02. The number of hydrogen-bond acceptors (Lipinski definition) is 3. The summed E-state index contributed by atoms with van der Waals surface area (Å²) in [7, 11) is 1.80. The lowest BCUT2D eigenvalue weighted by Gasteiger charge is -2.28. The molecule has 19 heavy (non-hydrogen) atoms. The van der Waals surface area contributed by atoms with Gasteiger partial charge in [0.25, 0.3) is 0 Å². The minimum absolute atomic E-state index is 0.489. The molecular formula is C16H26N2O. The third kappa shape index (κ3) is 4.03. The zero-order chi connectivity index (χ0) is 13.5. The lowest BCUT2D eigenvalue weighted by atomic mass is 10.1. The van der Waals surface area contributed by atoms with Gasteiger partial charge in [-0.25, -0.2) is 0 Å². The Morgan fingerprint density at radius 2 is 2.16 bits per heavy atom. The summed E-state index contributed by atoms with van der Waals surface area (Å²) in [5, 5.41) is 3.50. The normalized spacial score (nSPS) is 21.7. The Labute approximate surface area is 116 Å². The molecule has 2 rings (SSSR count). The number of methoxy groups -OCH3 is 1. The number of nitrogens with one attached hydrogen (secondary N) is 1. The summed E-state index contributed by atoms with van der Waals surface area (Å²) in [6, 6.07) is 11.3. The Kier molecular flexibility index (Phi) is 5.83. The van der Waals surface area contributed by atoms with E-state index < -0.39 is 0 Å². The van der Waals surface area contributed by atoms with Crippen LogP contribution in [0.5, 0.6) is 0 Å². The van der Waals surface area contributed by atoms with Crippen molar-refractivity contribution in [1.82, 2.24) is 10.2 Å². The van der Waals surface area contributed by atoms with Crippen molar-refractivity contribution in [3.8, 4) is 0 Å². The third-order valence-electron chi connectivity index (χ3n) is 3.93. The Morgan fingerprint density at radius 3 is 2.84 bits per heavy atom. The average Bonchev–Trinajstić information content (AvgIpc) is 2.89. The molecular weight excluding hydrogens is 236 g/mol. The monoisotopic (exact) mass is 262 g/mol. The second kappa shape index (κ2) is 7.63. The van der Waals surface area contributed by atoms with Crippen LogP contribution in [0.2, 0.25) is 0 Å². The van der Waals surface area contributed by atoms with Crippen LogP contribution in [0.15, 0.2) is 30.3 Å². The van der Waals surface area contributed by atoms with Crippen molar-refractivity contribution in [3.63, 3.8) is 0 Å². The van der Waals surface area contributed by atoms with Crippen molar-refractivity contribution in [3.05, 3.63) is 35.9 Å². The number of likely N-dealkylation sites (tertiary alicyclic amines) is 1. The van der Waals surface area contributed by atoms with Gasteiger partial charge in [0.1, 0.15) is 0 Å². The van der Waals surface area contributed by atoms with Gasteiger partial charge in [0.05, 0.1) is 6.61 Å². The van der Waals surface area contributed by atoms with Crippen molar-refractivity contribution in [1.29, 1.82) is 0 Å². The summed E-state index contributed by atoms with van der Waals surface area (Å²) in [5.41, 5.74) is 1.42. The summed E-state index contributed by atoms with van der Waals surface area (Å²) in [4.78, 5) is 2.60. The van der Waals surface area contributed by atoms with Crippen LogP contribution in [0.1, 0.15) is 24.9 Å². The lowest BCUT2D eigenvalue weighted by Crippen LogP contribution is -2.34. The zero-order valence-corrected chi connectivity index (χ0v) is 12.1. The maximum Gasteiger partial charge on any atom is 0.0503 e. The molecule has 1 N–H and O–H groups in total. The third-order valence-corrected chi connectivity index (χ3v) is 3.93. The summed E-state index contributed by atoms with van der Waals surface area (Å²) in [6.07, 6.45) is 1.25. The fraction of sp³-hybridized carbons (Fsp3) is 0.625. The van der Waals surface area contributed by atoms with Crippen molar-refractivity contribution < 1.29 is 4.74 Å². The standard InChI is InChI=1S/C16H26N2O/c1-3-17-11-16(15-7-5-4-6-8-15)18-10-9-14(12-18)13-19-2/h4-8,14,16-17H,3,9-13H2,1-2H3. The molecule has 2 atom stereocenters. The van der Waals surface area contributed by atoms with Crippen LogP contribution in [-0.2, 0) is 4.74 Å². The fourth-order valence-corrected chi connectivity index (χ4v) is 2.93. The van der Waals surface area contributed by atoms with Crippen molar-refractivity contribution >= 4 is 0 Å². The summed E-state index contributed by atoms with van der Waals surface area (Å²) < 4.78 is 5.30. The van der Waals surface area contributed by atoms with Gasteiger partial charge in [-0.05, 0) is 31.0 Å². The first-order valence-corrected chi connectivity index (χ1v) is 7.33. The molecule has 1 aromatic rings. The van der Waals surface area contributed by atoms with E-state index in [1.165, 1.54) is 18.5 Å². The molecule has 106 valence electrons. The summed E-state index contributed by atoms with van der Waals surface area (Å²) in [6.45, 7) is 7.44. The minimum Gasteiger partial charge on any atom is -0.384 e. The second-order valence-electron chi connectivity index (χ2n) is 5.34. The molecule has 2 unspecified atom stereocenters. The van der Waals surface area contributed by atoms with Gasteiger partial charge < -0.3 is 10.1 Å². The molecule has 0 aliphatic carbocycles. The van der Waals surface area contributed by atoms with Crippen LogP contribution < -0.4 is 5.32 Å². The highest BCUT2D eigenvalue weighted by molar-refractivity contribution is 5.19. The molecule has 3 nitrogen and oxygen atoms in total. The van der Waals surface area contributed by atoms with Gasteiger partial charge in [0.15, 0.2) is 0 Å². The number of benzene rings is 1. The highest BCUT2D eigenvalue weighted by Gasteiger charge is 2.28. The van der Waals surface area contributed by atoms with Gasteiger partial charge in [-0.3, -0.25) is 4.90 Å². The summed E-state index contributed by atoms with van der Waals surface area (Å²) in [5.74, 6) is 0.692. The van der Waals surface area contributed by atoms with E-state index >= 15 is 0 Å². The van der Waals surface area contributed by atoms with E-state index in [1.807, 2.05) is 0 Å². The van der Waals surface area contributed by atoms with Gasteiger partial charge in [-0.1, -0.05) is 37.3 Å². The van der Waals surface area contributed by atoms with Crippen molar-refractivity contribution in [2.24, 2.45) is 5.92 Å². The van der Waals surface area contributed by atoms with Crippen LogP contribution >= 0.6 is 0 Å². The highest BCUT2D eigenvalue weighted by Crippen LogP contribution is 2.27. The maximum atomic E-state index is 5.30. The van der Waals surface area contributed by atoms with Crippen LogP contribution in [-0.4, -0.2) is 44.8 Å². The van der Waals surface area contributed by atoms with E-state index in [0.717, 1.165) is 26.2 Å². The minimum atomic E-state index is 0.489. The molecule has 1 saturated heterocycles. The molecule has 1 heterocycles. The maximum absolute atomic E-state index is 5.30. The average molecular weight is 262 g/mol. The molecule has 3 heteroatoms. The van der Waals surface area contributed by atoms with E-state index in [1.54, 1.807) is 7.11 Å². The van der Waals surface area contributed by atoms with Gasteiger partial charge in [-0.2, -0.15) is 0 Å². The second-order valence-corrected chi connectivity index (χ2v) is 5.34. The molecule has 0 radical (unpaired) electrons. The van der Waals surface area contributed by atoms with E-state index in [-0.39, 0.29) is 0 Å². The predicted octanol–water partition coefficient (Wildman–Crippen LogP) is 2.31. The van der Waals surface area contributed by atoms with E-state index in [0.29, 0.717) is 12.0 Å². The topological polar surface area (TPSA) is 24.5 Å². The fourth-order valence-electron chi connectivity index (χ4n) is 2.93. The smallest absolute Gasteiger partial charge is 0.0503 e. The zero-order valence-electron chi connectivity index (χ0n) is 12.1. The molecule has 0 bridgehead atoms. The number of likely N-dealkylation sites (N-methyl/N-ethyl adjacent to an activating group) is 1. The molecule has 1 aliphatic rings. The molecule has 0 saturated carbocycles.